The van der Waals surface area contributed by atoms with Crippen LogP contribution in [-0.2, 0) is 9.53 Å². The van der Waals surface area contributed by atoms with Gasteiger partial charge in [-0.15, -0.1) is 0 Å². The summed E-state index contributed by atoms with van der Waals surface area (Å²) in [5.74, 6) is -0.522. The number of hydrogen-bond donors (Lipinski definition) is 2. The van der Waals surface area contributed by atoms with E-state index in [0.717, 1.165) is 21.9 Å². The zero-order valence-electron chi connectivity index (χ0n) is 19.2. The minimum atomic E-state index is -1.03. The van der Waals surface area contributed by atoms with Gasteiger partial charge in [-0.1, -0.05) is 72.8 Å². The van der Waals surface area contributed by atoms with Crippen LogP contribution in [0.1, 0.15) is 29.6 Å². The summed E-state index contributed by atoms with van der Waals surface area (Å²) in [6, 6.07) is 23.7. The summed E-state index contributed by atoms with van der Waals surface area (Å²) < 4.78 is 6.25. The molecule has 1 saturated heterocycles. The lowest BCUT2D eigenvalue weighted by atomic mass is 9.87. The SMILES string of the molecule is CN(C[C@@H](c1ccc2ccccc2c1)[C@H](OCC(=O)N1CC[C@@H](O)C1)c1ccccc1)C(=O)O. The second kappa shape index (κ2) is 10.7. The van der Waals surface area contributed by atoms with Crippen LogP contribution in [-0.4, -0.2) is 71.4 Å². The average Bonchev–Trinajstić information content (AvgIpc) is 3.29. The topological polar surface area (TPSA) is 90.3 Å². The molecule has 1 aliphatic rings. The Morgan fingerprint density at radius 2 is 1.74 bits per heavy atom. The van der Waals surface area contributed by atoms with Crippen LogP contribution in [0.15, 0.2) is 72.8 Å². The molecule has 3 aromatic rings. The average molecular weight is 463 g/mol. The lowest BCUT2D eigenvalue weighted by Crippen LogP contribution is -2.36. The van der Waals surface area contributed by atoms with E-state index >= 15 is 0 Å². The summed E-state index contributed by atoms with van der Waals surface area (Å²) in [5, 5.41) is 21.5. The third-order valence-electron chi connectivity index (χ3n) is 6.39. The Kier molecular flexibility index (Phi) is 7.45. The first-order chi connectivity index (χ1) is 16.4. The van der Waals surface area contributed by atoms with Crippen molar-refractivity contribution in [3.05, 3.63) is 83.9 Å². The first-order valence-electron chi connectivity index (χ1n) is 11.5. The summed E-state index contributed by atoms with van der Waals surface area (Å²) in [6.45, 7) is 0.875. The van der Waals surface area contributed by atoms with E-state index in [1.807, 2.05) is 66.7 Å². The van der Waals surface area contributed by atoms with E-state index < -0.39 is 18.3 Å². The molecule has 7 heteroatoms. The Hall–Kier alpha value is -3.42. The molecule has 3 atom stereocenters. The largest absolute Gasteiger partial charge is 0.465 e. The van der Waals surface area contributed by atoms with E-state index in [4.69, 9.17) is 4.74 Å². The molecule has 1 fully saturated rings. The summed E-state index contributed by atoms with van der Waals surface area (Å²) in [4.78, 5) is 27.3. The minimum absolute atomic E-state index is 0.146. The van der Waals surface area contributed by atoms with Gasteiger partial charge in [0, 0.05) is 32.6 Å². The Bertz CT molecular complexity index is 1140. The minimum Gasteiger partial charge on any atom is -0.465 e. The molecule has 1 aliphatic heterocycles. The van der Waals surface area contributed by atoms with Crippen molar-refractivity contribution in [2.45, 2.75) is 24.5 Å². The zero-order valence-corrected chi connectivity index (χ0v) is 19.2. The van der Waals surface area contributed by atoms with E-state index in [0.29, 0.717) is 19.5 Å². The third-order valence-corrected chi connectivity index (χ3v) is 6.39. The van der Waals surface area contributed by atoms with E-state index in [1.54, 1.807) is 4.90 Å². The summed E-state index contributed by atoms with van der Waals surface area (Å²) >= 11 is 0. The predicted molar refractivity (Wildman–Crippen MR) is 130 cm³/mol. The summed E-state index contributed by atoms with van der Waals surface area (Å²) in [6.07, 6.45) is -1.50. The van der Waals surface area contributed by atoms with E-state index in [9.17, 15) is 19.8 Å². The highest BCUT2D eigenvalue weighted by Crippen LogP contribution is 2.36. The van der Waals surface area contributed by atoms with Crippen molar-refractivity contribution < 1.29 is 24.5 Å². The molecule has 0 unspecified atom stereocenters. The second-order valence-corrected chi connectivity index (χ2v) is 8.80. The van der Waals surface area contributed by atoms with Gasteiger partial charge in [0.15, 0.2) is 0 Å². The zero-order chi connectivity index (χ0) is 24.1. The van der Waals surface area contributed by atoms with Gasteiger partial charge in [0.05, 0.1) is 12.2 Å². The Morgan fingerprint density at radius 1 is 1.03 bits per heavy atom. The molecule has 2 amide bonds. The van der Waals surface area contributed by atoms with Crippen molar-refractivity contribution >= 4 is 22.8 Å². The molecule has 34 heavy (non-hydrogen) atoms. The van der Waals surface area contributed by atoms with E-state index in [2.05, 4.69) is 6.07 Å². The van der Waals surface area contributed by atoms with Crippen LogP contribution < -0.4 is 0 Å². The van der Waals surface area contributed by atoms with Crippen LogP contribution in [0.3, 0.4) is 0 Å². The maximum absolute atomic E-state index is 12.8. The number of ether oxygens (including phenoxy) is 1. The first kappa shape index (κ1) is 23.7. The first-order valence-corrected chi connectivity index (χ1v) is 11.5. The fraction of sp³-hybridized carbons (Fsp3) is 0.333. The summed E-state index contributed by atoms with van der Waals surface area (Å²) in [5.41, 5.74) is 1.80. The fourth-order valence-corrected chi connectivity index (χ4v) is 4.50. The predicted octanol–water partition coefficient (Wildman–Crippen LogP) is 3.88. The van der Waals surface area contributed by atoms with Crippen molar-refractivity contribution in [3.8, 4) is 0 Å². The van der Waals surface area contributed by atoms with Gasteiger partial charge >= 0.3 is 6.09 Å². The standard InChI is InChI=1S/C27H30N2O5/c1-28(27(32)33)17-24(22-12-11-19-7-5-6-10-21(19)15-22)26(20-8-3-2-4-9-20)34-18-25(31)29-14-13-23(30)16-29/h2-12,15,23-24,26,30H,13-14,16-18H2,1H3,(H,32,33)/t23-,24+,26-/m1/s1. The van der Waals surface area contributed by atoms with Gasteiger partial charge in [0.1, 0.15) is 6.61 Å². The Balaban J connectivity index is 1.67. The molecule has 3 aromatic carbocycles. The molecule has 0 bridgehead atoms. The highest BCUT2D eigenvalue weighted by atomic mass is 16.5. The number of rotatable bonds is 8. The van der Waals surface area contributed by atoms with Gasteiger partial charge in [0.2, 0.25) is 5.91 Å². The normalized spacial score (nSPS) is 17.5. The number of aliphatic hydroxyl groups excluding tert-OH is 1. The van der Waals surface area contributed by atoms with Crippen LogP contribution in [0.25, 0.3) is 10.8 Å². The lowest BCUT2D eigenvalue weighted by molar-refractivity contribution is -0.138. The van der Waals surface area contributed by atoms with Gasteiger partial charge in [-0.05, 0) is 28.3 Å². The number of nitrogens with zero attached hydrogens (tertiary/aromatic N) is 2. The molecule has 2 N–H and O–H groups in total. The number of likely N-dealkylation sites (N-methyl/N-ethyl adjacent to an activating group) is 1. The van der Waals surface area contributed by atoms with Crippen LogP contribution in [0, 0.1) is 0 Å². The van der Waals surface area contributed by atoms with Gasteiger partial charge in [0.25, 0.3) is 0 Å². The van der Waals surface area contributed by atoms with Gasteiger partial charge in [-0.3, -0.25) is 4.79 Å². The van der Waals surface area contributed by atoms with Gasteiger partial charge in [-0.25, -0.2) is 4.79 Å². The molecule has 178 valence electrons. The van der Waals surface area contributed by atoms with Gasteiger partial charge in [-0.2, -0.15) is 0 Å². The quantitative estimate of drug-likeness (QED) is 0.530. The maximum atomic E-state index is 12.8. The van der Waals surface area contributed by atoms with E-state index in [-0.39, 0.29) is 25.0 Å². The molecule has 0 radical (unpaired) electrons. The molecular formula is C27H30N2O5. The monoisotopic (exact) mass is 462 g/mol. The van der Waals surface area contributed by atoms with Crippen molar-refractivity contribution in [1.82, 2.24) is 9.80 Å². The van der Waals surface area contributed by atoms with E-state index in [1.165, 1.54) is 11.9 Å². The summed E-state index contributed by atoms with van der Waals surface area (Å²) in [7, 11) is 1.54. The van der Waals surface area contributed by atoms with Crippen molar-refractivity contribution in [3.63, 3.8) is 0 Å². The highest BCUT2D eigenvalue weighted by Gasteiger charge is 2.31. The third kappa shape index (κ3) is 5.55. The molecule has 1 heterocycles. The molecule has 4 rings (SSSR count). The number of β-amino-alcohol motifs (C(OH)–C–C–N with tert-alkyl or cyclic N) is 1. The highest BCUT2D eigenvalue weighted by molar-refractivity contribution is 5.83. The maximum Gasteiger partial charge on any atom is 0.407 e. The Morgan fingerprint density at radius 3 is 2.41 bits per heavy atom. The number of benzene rings is 3. The Labute approximate surface area is 199 Å². The molecule has 0 saturated carbocycles. The number of carboxylic acid groups (broad SMARTS) is 1. The van der Waals surface area contributed by atoms with Crippen molar-refractivity contribution in [2.75, 3.05) is 33.3 Å². The van der Waals surface area contributed by atoms with Crippen molar-refractivity contribution in [1.29, 1.82) is 0 Å². The van der Waals surface area contributed by atoms with Crippen molar-refractivity contribution in [2.24, 2.45) is 0 Å². The number of aliphatic hydroxyl groups is 1. The number of hydrogen-bond acceptors (Lipinski definition) is 4. The molecule has 0 spiro atoms. The van der Waals surface area contributed by atoms with Crippen LogP contribution in [0.4, 0.5) is 4.79 Å². The molecule has 7 nitrogen and oxygen atoms in total. The number of likely N-dealkylation sites (tertiary alicyclic amines) is 1. The van der Waals surface area contributed by atoms with Gasteiger partial charge < -0.3 is 24.7 Å². The molecule has 0 aliphatic carbocycles. The smallest absolute Gasteiger partial charge is 0.407 e. The number of fused-ring (bicyclic) bond motifs is 1. The molecular weight excluding hydrogens is 432 g/mol. The number of carbonyl (C=O) groups excluding carboxylic acids is 1. The van der Waals surface area contributed by atoms with Crippen LogP contribution >= 0.6 is 0 Å². The van der Waals surface area contributed by atoms with Crippen LogP contribution in [0.2, 0.25) is 0 Å². The van der Waals surface area contributed by atoms with Crippen LogP contribution in [0.5, 0.6) is 0 Å². The molecule has 0 aromatic heterocycles. The number of carbonyl (C=O) groups is 2. The second-order valence-electron chi connectivity index (χ2n) is 8.80. The fourth-order valence-electron chi connectivity index (χ4n) is 4.50. The number of amides is 2. The lowest BCUT2D eigenvalue weighted by Gasteiger charge is -2.31.